The molecular weight excluding hydrogens is 292 g/mol. The Morgan fingerprint density at radius 2 is 1.57 bits per heavy atom. The summed E-state index contributed by atoms with van der Waals surface area (Å²) in [4.78, 5) is 12.1. The summed E-state index contributed by atoms with van der Waals surface area (Å²) < 4.78 is 22.3. The Labute approximate surface area is 122 Å². The van der Waals surface area contributed by atoms with E-state index in [4.69, 9.17) is 16.7 Å². The Morgan fingerprint density at radius 1 is 1.00 bits per heavy atom. The van der Waals surface area contributed by atoms with Crippen LogP contribution >= 0.6 is 0 Å². The second kappa shape index (κ2) is 5.52. The van der Waals surface area contributed by atoms with E-state index in [0.29, 0.717) is 11.4 Å². The van der Waals surface area contributed by atoms with Crippen molar-refractivity contribution in [3.8, 4) is 0 Å². The number of anilines is 2. The maximum Gasteiger partial charge on any atom is 0.272 e. The molecule has 0 aliphatic heterocycles. The number of carbonyl (C=O) groups excluding carboxylic acids is 1. The zero-order valence-corrected chi connectivity index (χ0v) is 11.7. The number of amides is 1. The van der Waals surface area contributed by atoms with Gasteiger partial charge in [0.05, 0.1) is 16.3 Å². The van der Waals surface area contributed by atoms with E-state index >= 15 is 0 Å². The second-order valence-electron chi connectivity index (χ2n) is 4.30. The maximum atomic E-state index is 12.2. The van der Waals surface area contributed by atoms with Gasteiger partial charge in [-0.2, -0.15) is 0 Å². The topological polar surface area (TPSA) is 133 Å². The van der Waals surface area contributed by atoms with Gasteiger partial charge in [-0.05, 0) is 36.4 Å². The number of carbonyl (C=O) groups is 1. The van der Waals surface area contributed by atoms with Crippen molar-refractivity contribution in [3.63, 3.8) is 0 Å². The zero-order chi connectivity index (χ0) is 15.6. The first kappa shape index (κ1) is 15.0. The van der Waals surface area contributed by atoms with Crippen LogP contribution < -0.4 is 21.7 Å². The Balaban J connectivity index is 2.30. The molecule has 2 aromatic rings. The van der Waals surface area contributed by atoms with E-state index in [1.165, 1.54) is 24.3 Å². The van der Waals surface area contributed by atoms with Gasteiger partial charge in [0.25, 0.3) is 5.91 Å². The van der Waals surface area contributed by atoms with E-state index in [9.17, 15) is 13.2 Å². The molecule has 0 bridgehead atoms. The molecule has 0 atom stereocenters. The van der Waals surface area contributed by atoms with Gasteiger partial charge in [0.15, 0.2) is 0 Å². The normalized spacial score (nSPS) is 11.1. The number of hydrogen-bond acceptors (Lipinski definition) is 5. The van der Waals surface area contributed by atoms with Crippen molar-refractivity contribution in [2.75, 3.05) is 10.7 Å². The minimum absolute atomic E-state index is 0.0816. The lowest BCUT2D eigenvalue weighted by Crippen LogP contribution is -2.38. The van der Waals surface area contributed by atoms with Crippen molar-refractivity contribution in [1.29, 1.82) is 0 Å². The Hall–Kier alpha value is -2.42. The van der Waals surface area contributed by atoms with E-state index in [-0.39, 0.29) is 10.5 Å². The summed E-state index contributed by atoms with van der Waals surface area (Å²) >= 11 is 0. The summed E-state index contributed by atoms with van der Waals surface area (Å²) in [5.41, 5.74) is 6.68. The molecule has 0 radical (unpaired) electrons. The van der Waals surface area contributed by atoms with E-state index < -0.39 is 15.9 Å². The molecule has 2 aromatic carbocycles. The van der Waals surface area contributed by atoms with Crippen LogP contribution in [-0.4, -0.2) is 14.3 Å². The minimum Gasteiger partial charge on any atom is -0.397 e. The summed E-state index contributed by atoms with van der Waals surface area (Å²) in [5.74, 6) is 5.24. The second-order valence-corrected chi connectivity index (χ2v) is 5.86. The molecule has 21 heavy (non-hydrogen) atoms. The van der Waals surface area contributed by atoms with Gasteiger partial charge in [-0.1, -0.05) is 12.1 Å². The highest BCUT2D eigenvalue weighted by molar-refractivity contribution is 7.89. The highest BCUT2D eigenvalue weighted by Crippen LogP contribution is 2.21. The van der Waals surface area contributed by atoms with Gasteiger partial charge in [-0.15, -0.1) is 0 Å². The Bertz CT molecular complexity index is 772. The van der Waals surface area contributed by atoms with Crippen LogP contribution in [0, 0.1) is 0 Å². The summed E-state index contributed by atoms with van der Waals surface area (Å²) in [5, 5.41) is 5.89. The number of rotatable bonds is 3. The van der Waals surface area contributed by atoms with Crippen LogP contribution in [-0.2, 0) is 10.0 Å². The highest BCUT2D eigenvalue weighted by atomic mass is 32.2. The molecule has 0 saturated heterocycles. The Kier molecular flexibility index (Phi) is 3.94. The first-order valence-corrected chi connectivity index (χ1v) is 7.42. The van der Waals surface area contributed by atoms with Gasteiger partial charge in [0, 0.05) is 5.56 Å². The van der Waals surface area contributed by atoms with Crippen LogP contribution in [0.5, 0.6) is 0 Å². The molecule has 0 heterocycles. The molecule has 0 saturated carbocycles. The Morgan fingerprint density at radius 3 is 2.10 bits per heavy atom. The first-order valence-electron chi connectivity index (χ1n) is 5.87. The van der Waals surface area contributed by atoms with Gasteiger partial charge in [-0.25, -0.2) is 24.4 Å². The first-order chi connectivity index (χ1) is 9.80. The third-order valence-electron chi connectivity index (χ3n) is 2.84. The molecule has 110 valence electrons. The van der Waals surface area contributed by atoms with Gasteiger partial charge in [0.2, 0.25) is 10.0 Å². The molecule has 7 nitrogen and oxygen atoms in total. The molecule has 2 rings (SSSR count). The summed E-state index contributed by atoms with van der Waals surface area (Å²) in [6, 6.07) is 11.8. The number of nitrogen functional groups attached to an aromatic ring is 1. The average molecular weight is 306 g/mol. The van der Waals surface area contributed by atoms with Crippen molar-refractivity contribution < 1.29 is 13.2 Å². The standard InChI is InChI=1S/C13H14N4O3S/c14-11-3-1-2-4-12(11)17(15)13(18)9-5-7-10(8-6-9)21(16,19)20/h1-8H,14-15H2,(H2,16,19,20). The minimum atomic E-state index is -3.80. The number of para-hydroxylation sites is 2. The number of sulfonamides is 1. The fourth-order valence-electron chi connectivity index (χ4n) is 1.74. The van der Waals surface area contributed by atoms with Crippen molar-refractivity contribution in [3.05, 3.63) is 54.1 Å². The highest BCUT2D eigenvalue weighted by Gasteiger charge is 2.17. The predicted molar refractivity (Wildman–Crippen MR) is 79.7 cm³/mol. The lowest BCUT2D eigenvalue weighted by molar-refractivity contribution is 0.0987. The molecule has 6 N–H and O–H groups in total. The molecule has 0 spiro atoms. The van der Waals surface area contributed by atoms with Crippen molar-refractivity contribution >= 4 is 27.3 Å². The van der Waals surface area contributed by atoms with Crippen molar-refractivity contribution in [1.82, 2.24) is 0 Å². The number of hydrogen-bond donors (Lipinski definition) is 3. The van der Waals surface area contributed by atoms with Crippen LogP contribution in [0.3, 0.4) is 0 Å². The summed E-state index contributed by atoms with van der Waals surface area (Å²) in [6.45, 7) is 0. The van der Waals surface area contributed by atoms with Crippen LogP contribution in [0.15, 0.2) is 53.4 Å². The molecule has 1 amide bonds. The smallest absolute Gasteiger partial charge is 0.272 e. The van der Waals surface area contributed by atoms with E-state index in [0.717, 1.165) is 5.01 Å². The third-order valence-corrected chi connectivity index (χ3v) is 3.77. The van der Waals surface area contributed by atoms with Crippen LogP contribution in [0.25, 0.3) is 0 Å². The van der Waals surface area contributed by atoms with E-state index in [1.54, 1.807) is 24.3 Å². The lowest BCUT2D eigenvalue weighted by atomic mass is 10.2. The van der Waals surface area contributed by atoms with Gasteiger partial charge >= 0.3 is 0 Å². The molecule has 0 aliphatic carbocycles. The lowest BCUT2D eigenvalue weighted by Gasteiger charge is -2.18. The summed E-state index contributed by atoms with van der Waals surface area (Å²) in [7, 11) is -3.80. The molecular formula is C13H14N4O3S. The number of primary sulfonamides is 1. The monoisotopic (exact) mass is 306 g/mol. The van der Waals surface area contributed by atoms with Crippen molar-refractivity contribution in [2.45, 2.75) is 4.90 Å². The molecule has 0 aromatic heterocycles. The average Bonchev–Trinajstić information content (AvgIpc) is 2.45. The molecule has 0 fully saturated rings. The van der Waals surface area contributed by atoms with Gasteiger partial charge in [0.1, 0.15) is 0 Å². The van der Waals surface area contributed by atoms with E-state index in [1.807, 2.05) is 0 Å². The molecule has 0 aliphatic rings. The fraction of sp³-hybridized carbons (Fsp3) is 0. The number of hydrazine groups is 1. The van der Waals surface area contributed by atoms with E-state index in [2.05, 4.69) is 0 Å². The number of nitrogens with zero attached hydrogens (tertiary/aromatic N) is 1. The molecule has 0 unspecified atom stereocenters. The van der Waals surface area contributed by atoms with Crippen LogP contribution in [0.1, 0.15) is 10.4 Å². The summed E-state index contributed by atoms with van der Waals surface area (Å²) in [6.07, 6.45) is 0. The van der Waals surface area contributed by atoms with Gasteiger partial charge in [-0.3, -0.25) is 4.79 Å². The van der Waals surface area contributed by atoms with Gasteiger partial charge < -0.3 is 5.73 Å². The van der Waals surface area contributed by atoms with Crippen LogP contribution in [0.4, 0.5) is 11.4 Å². The molecule has 8 heteroatoms. The number of benzene rings is 2. The van der Waals surface area contributed by atoms with Crippen LogP contribution in [0.2, 0.25) is 0 Å². The maximum absolute atomic E-state index is 12.2. The van der Waals surface area contributed by atoms with Crippen molar-refractivity contribution in [2.24, 2.45) is 11.0 Å². The quantitative estimate of drug-likeness (QED) is 0.327. The zero-order valence-electron chi connectivity index (χ0n) is 10.9. The predicted octanol–water partition coefficient (Wildman–Crippen LogP) is 0.437. The number of nitrogens with two attached hydrogens (primary N) is 3. The SMILES string of the molecule is Nc1ccccc1N(N)C(=O)c1ccc(S(N)(=O)=O)cc1. The fourth-order valence-corrected chi connectivity index (χ4v) is 2.26. The largest absolute Gasteiger partial charge is 0.397 e. The third kappa shape index (κ3) is 3.19.